The Balaban J connectivity index is 3.15. The van der Waals surface area contributed by atoms with E-state index in [1.807, 2.05) is 0 Å². The molecule has 1 rings (SSSR count). The molecule has 0 saturated carbocycles. The fourth-order valence-corrected chi connectivity index (χ4v) is 1.15. The topological polar surface area (TPSA) is 77.8 Å². The van der Waals surface area contributed by atoms with Crippen molar-refractivity contribution < 1.29 is 20.1 Å². The second kappa shape index (κ2) is 2.18. The molecule has 3 N–H and O–H groups in total. The Hall–Kier alpha value is -1.23. The highest BCUT2D eigenvalue weighted by atomic mass is 32.1. The van der Waals surface area contributed by atoms with Crippen molar-refractivity contribution in [2.24, 2.45) is 0 Å². The van der Waals surface area contributed by atoms with Gasteiger partial charge in [-0.15, -0.1) is 0 Å². The van der Waals surface area contributed by atoms with E-state index in [1.165, 1.54) is 0 Å². The Morgan fingerprint density at radius 2 is 2.10 bits per heavy atom. The van der Waals surface area contributed by atoms with E-state index in [4.69, 9.17) is 15.3 Å². The zero-order chi connectivity index (χ0) is 7.72. The molecule has 5 heteroatoms. The Bertz CT molecular complexity index is 265. The summed E-state index contributed by atoms with van der Waals surface area (Å²) >= 11 is 0.628. The Labute approximate surface area is 60.0 Å². The van der Waals surface area contributed by atoms with Crippen LogP contribution in [-0.4, -0.2) is 21.3 Å². The maximum Gasteiger partial charge on any atom is 0.340 e. The average Bonchev–Trinajstić information content (AvgIpc) is 2.10. The zero-order valence-electron chi connectivity index (χ0n) is 4.74. The maximum atomic E-state index is 10.2. The lowest BCUT2D eigenvalue weighted by atomic mass is 10.3. The van der Waals surface area contributed by atoms with Gasteiger partial charge in [0.1, 0.15) is 5.56 Å². The monoisotopic (exact) mass is 160 g/mol. The first-order valence-electron chi connectivity index (χ1n) is 2.36. The summed E-state index contributed by atoms with van der Waals surface area (Å²) in [5.41, 5.74) is -0.262. The van der Waals surface area contributed by atoms with Gasteiger partial charge in [-0.25, -0.2) is 4.79 Å². The predicted octanol–water partition coefficient (Wildman–Crippen LogP) is 0.857. The minimum Gasteiger partial charge on any atom is -0.499 e. The molecule has 0 aliphatic rings. The number of carboxylic acids is 1. The number of carbonyl (C=O) groups is 1. The number of aromatic hydroxyl groups is 2. The summed E-state index contributed by atoms with van der Waals surface area (Å²) in [5, 5.41) is 25.2. The lowest BCUT2D eigenvalue weighted by Gasteiger charge is -1.84. The van der Waals surface area contributed by atoms with Crippen LogP contribution in [0.3, 0.4) is 0 Å². The largest absolute Gasteiger partial charge is 0.499 e. The van der Waals surface area contributed by atoms with E-state index in [0.29, 0.717) is 11.3 Å². The molecular weight excluding hydrogens is 156 g/mol. The summed E-state index contributed by atoms with van der Waals surface area (Å²) in [7, 11) is 0. The molecule has 0 unspecified atom stereocenters. The second-order valence-corrected chi connectivity index (χ2v) is 2.62. The highest BCUT2D eigenvalue weighted by molar-refractivity contribution is 7.15. The number of rotatable bonds is 1. The third-order valence-electron chi connectivity index (χ3n) is 0.930. The lowest BCUT2D eigenvalue weighted by Crippen LogP contribution is -1.92. The molecule has 0 spiro atoms. The molecule has 0 radical (unpaired) electrons. The van der Waals surface area contributed by atoms with Crippen LogP contribution in [0.4, 0.5) is 0 Å². The lowest BCUT2D eigenvalue weighted by molar-refractivity contribution is 0.0694. The maximum absolute atomic E-state index is 10.2. The molecule has 0 aliphatic heterocycles. The van der Waals surface area contributed by atoms with Crippen molar-refractivity contribution in [1.82, 2.24) is 0 Å². The van der Waals surface area contributed by atoms with Crippen molar-refractivity contribution in [3.63, 3.8) is 0 Å². The number of carboxylic acid groups (broad SMARTS) is 1. The van der Waals surface area contributed by atoms with Gasteiger partial charge in [-0.3, -0.25) is 0 Å². The Morgan fingerprint density at radius 1 is 1.50 bits per heavy atom. The van der Waals surface area contributed by atoms with Crippen molar-refractivity contribution in [2.75, 3.05) is 0 Å². The quantitative estimate of drug-likeness (QED) is 0.569. The first kappa shape index (κ1) is 6.88. The van der Waals surface area contributed by atoms with Crippen LogP contribution in [0.2, 0.25) is 0 Å². The number of hydrogen-bond donors (Lipinski definition) is 3. The summed E-state index contributed by atoms with van der Waals surface area (Å²) in [6, 6.07) is 1.00. The van der Waals surface area contributed by atoms with Gasteiger partial charge in [-0.1, -0.05) is 11.3 Å². The smallest absolute Gasteiger partial charge is 0.340 e. The highest BCUT2D eigenvalue weighted by Crippen LogP contribution is 2.33. The van der Waals surface area contributed by atoms with Crippen LogP contribution >= 0.6 is 11.3 Å². The normalized spacial score (nSPS) is 9.60. The van der Waals surface area contributed by atoms with Crippen LogP contribution in [0.15, 0.2) is 6.07 Å². The fraction of sp³-hybridized carbons (Fsp3) is 0. The van der Waals surface area contributed by atoms with E-state index in [0.717, 1.165) is 6.07 Å². The van der Waals surface area contributed by atoms with Gasteiger partial charge in [-0.2, -0.15) is 0 Å². The van der Waals surface area contributed by atoms with Gasteiger partial charge in [0, 0.05) is 6.07 Å². The van der Waals surface area contributed by atoms with E-state index < -0.39 is 5.97 Å². The predicted molar refractivity (Wildman–Crippen MR) is 34.6 cm³/mol. The minimum absolute atomic E-state index is 0.199. The van der Waals surface area contributed by atoms with Crippen molar-refractivity contribution in [2.45, 2.75) is 0 Å². The number of aromatic carboxylic acids is 1. The van der Waals surface area contributed by atoms with Crippen molar-refractivity contribution >= 4 is 17.3 Å². The highest BCUT2D eigenvalue weighted by Gasteiger charge is 2.13. The van der Waals surface area contributed by atoms with Crippen LogP contribution in [0.1, 0.15) is 10.4 Å². The third-order valence-corrected chi connectivity index (χ3v) is 1.67. The molecule has 54 valence electrons. The number of thiophene rings is 1. The summed E-state index contributed by atoms with van der Waals surface area (Å²) < 4.78 is 0. The Morgan fingerprint density at radius 3 is 2.30 bits per heavy atom. The molecule has 10 heavy (non-hydrogen) atoms. The van der Waals surface area contributed by atoms with Crippen molar-refractivity contribution in [3.8, 4) is 10.1 Å². The molecule has 0 atom stereocenters. The Kier molecular flexibility index (Phi) is 1.50. The molecular formula is C5H4O4S. The van der Waals surface area contributed by atoms with Crippen LogP contribution in [0.5, 0.6) is 10.1 Å². The minimum atomic E-state index is -1.24. The van der Waals surface area contributed by atoms with Gasteiger partial charge in [0.2, 0.25) is 0 Å². The van der Waals surface area contributed by atoms with Crippen LogP contribution in [-0.2, 0) is 0 Å². The average molecular weight is 160 g/mol. The molecule has 1 aromatic heterocycles. The SMILES string of the molecule is O=C(O)c1cc(O)sc1O. The summed E-state index contributed by atoms with van der Waals surface area (Å²) in [4.78, 5) is 10.2. The van der Waals surface area contributed by atoms with Crippen LogP contribution in [0.25, 0.3) is 0 Å². The molecule has 0 saturated heterocycles. The third kappa shape index (κ3) is 1.03. The molecule has 1 heterocycles. The van der Waals surface area contributed by atoms with Gasteiger partial charge in [0.25, 0.3) is 0 Å². The van der Waals surface area contributed by atoms with Crippen molar-refractivity contribution in [1.29, 1.82) is 0 Å². The van der Waals surface area contributed by atoms with Crippen LogP contribution in [0, 0.1) is 0 Å². The van der Waals surface area contributed by atoms with E-state index in [2.05, 4.69) is 0 Å². The van der Waals surface area contributed by atoms with Gasteiger partial charge in [-0.05, 0) is 0 Å². The summed E-state index contributed by atoms with van der Waals surface area (Å²) in [6.07, 6.45) is 0. The molecule has 4 nitrogen and oxygen atoms in total. The first-order valence-corrected chi connectivity index (χ1v) is 3.18. The second-order valence-electron chi connectivity index (χ2n) is 1.61. The molecule has 0 bridgehead atoms. The summed E-state index contributed by atoms with van der Waals surface area (Å²) in [5.74, 6) is -1.24. The molecule has 0 amide bonds. The summed E-state index contributed by atoms with van der Waals surface area (Å²) in [6.45, 7) is 0. The van der Waals surface area contributed by atoms with Crippen molar-refractivity contribution in [3.05, 3.63) is 11.6 Å². The van der Waals surface area contributed by atoms with Gasteiger partial charge in [0.15, 0.2) is 10.1 Å². The standard InChI is InChI=1S/C5H4O4S/c6-3-1-2(4(7)8)5(9)10-3/h1,6,9H,(H,7,8). The zero-order valence-corrected chi connectivity index (χ0v) is 5.55. The fourth-order valence-electron chi connectivity index (χ4n) is 0.522. The van der Waals surface area contributed by atoms with E-state index in [-0.39, 0.29) is 15.7 Å². The molecule has 0 aliphatic carbocycles. The van der Waals surface area contributed by atoms with Gasteiger partial charge < -0.3 is 15.3 Å². The number of hydrogen-bond acceptors (Lipinski definition) is 4. The molecule has 0 fully saturated rings. The molecule has 1 aromatic rings. The van der Waals surface area contributed by atoms with Gasteiger partial charge >= 0.3 is 5.97 Å². The van der Waals surface area contributed by atoms with Gasteiger partial charge in [0.05, 0.1) is 0 Å². The first-order chi connectivity index (χ1) is 4.61. The van der Waals surface area contributed by atoms with Crippen LogP contribution < -0.4 is 0 Å². The molecule has 0 aromatic carbocycles. The van der Waals surface area contributed by atoms with E-state index in [1.54, 1.807) is 0 Å². The van der Waals surface area contributed by atoms with E-state index >= 15 is 0 Å². The van der Waals surface area contributed by atoms with E-state index in [9.17, 15) is 4.79 Å².